The van der Waals surface area contributed by atoms with E-state index in [1.54, 1.807) is 0 Å². The van der Waals surface area contributed by atoms with Crippen LogP contribution in [0.1, 0.15) is 43.2 Å². The van der Waals surface area contributed by atoms with Crippen LogP contribution < -0.4 is 5.73 Å². The smallest absolute Gasteiger partial charge is 0.0555 e. The fourth-order valence-corrected chi connectivity index (χ4v) is 2.84. The molecule has 0 heterocycles. The van der Waals surface area contributed by atoms with Crippen LogP contribution in [0.3, 0.4) is 0 Å². The molecule has 0 atom stereocenters. The SMILES string of the molecule is CN(Cc1cccc(C#CCN)c1)C1CCCCC1. The zero-order valence-corrected chi connectivity index (χ0v) is 11.9. The summed E-state index contributed by atoms with van der Waals surface area (Å²) in [5.74, 6) is 6.02. The number of nitrogens with two attached hydrogens (primary N) is 1. The van der Waals surface area contributed by atoms with Crippen molar-refractivity contribution in [2.75, 3.05) is 13.6 Å². The molecule has 19 heavy (non-hydrogen) atoms. The van der Waals surface area contributed by atoms with Crippen LogP contribution >= 0.6 is 0 Å². The third-order valence-electron chi connectivity index (χ3n) is 3.89. The van der Waals surface area contributed by atoms with Crippen LogP contribution in [-0.2, 0) is 6.54 Å². The lowest BCUT2D eigenvalue weighted by atomic mass is 9.94. The summed E-state index contributed by atoms with van der Waals surface area (Å²) in [6.45, 7) is 1.44. The maximum absolute atomic E-state index is 5.41. The summed E-state index contributed by atoms with van der Waals surface area (Å²) in [7, 11) is 2.24. The third-order valence-corrected chi connectivity index (χ3v) is 3.89. The number of benzene rings is 1. The second kappa shape index (κ2) is 7.33. The lowest BCUT2D eigenvalue weighted by Crippen LogP contribution is -2.32. The Bertz CT molecular complexity index is 450. The van der Waals surface area contributed by atoms with Gasteiger partial charge in [0.05, 0.1) is 6.54 Å². The lowest BCUT2D eigenvalue weighted by molar-refractivity contribution is 0.184. The standard InChI is InChI=1S/C17H24N2/c1-19(17-10-3-2-4-11-17)14-16-8-5-7-15(13-16)9-6-12-18/h5,7-8,13,17H,2-4,10-12,14,18H2,1H3. The van der Waals surface area contributed by atoms with E-state index in [9.17, 15) is 0 Å². The molecule has 0 aliphatic heterocycles. The topological polar surface area (TPSA) is 29.3 Å². The Morgan fingerprint density at radius 1 is 1.26 bits per heavy atom. The van der Waals surface area contributed by atoms with E-state index in [1.165, 1.54) is 37.7 Å². The van der Waals surface area contributed by atoms with E-state index in [-0.39, 0.29) is 0 Å². The van der Waals surface area contributed by atoms with Gasteiger partial charge in [0.1, 0.15) is 0 Å². The molecule has 2 nitrogen and oxygen atoms in total. The Hall–Kier alpha value is -1.30. The second-order valence-corrected chi connectivity index (χ2v) is 5.41. The van der Waals surface area contributed by atoms with Crippen molar-refractivity contribution in [3.05, 3.63) is 35.4 Å². The molecule has 2 N–H and O–H groups in total. The molecule has 0 bridgehead atoms. The molecule has 1 aromatic carbocycles. The summed E-state index contributed by atoms with van der Waals surface area (Å²) in [5.41, 5.74) is 7.82. The molecule has 2 rings (SSSR count). The Morgan fingerprint density at radius 2 is 2.05 bits per heavy atom. The minimum atomic E-state index is 0.423. The van der Waals surface area contributed by atoms with Crippen LogP contribution in [0.25, 0.3) is 0 Å². The summed E-state index contributed by atoms with van der Waals surface area (Å²) in [6.07, 6.45) is 6.88. The highest BCUT2D eigenvalue weighted by Crippen LogP contribution is 2.22. The molecule has 0 unspecified atom stereocenters. The van der Waals surface area contributed by atoms with Crippen molar-refractivity contribution in [3.63, 3.8) is 0 Å². The number of nitrogens with zero attached hydrogens (tertiary/aromatic N) is 1. The van der Waals surface area contributed by atoms with E-state index in [1.807, 2.05) is 6.07 Å². The van der Waals surface area contributed by atoms with E-state index in [0.29, 0.717) is 6.54 Å². The maximum Gasteiger partial charge on any atom is 0.0555 e. The van der Waals surface area contributed by atoms with Crippen LogP contribution in [0.5, 0.6) is 0 Å². The first kappa shape index (κ1) is 14.1. The van der Waals surface area contributed by atoms with Gasteiger partial charge in [0.15, 0.2) is 0 Å². The fourth-order valence-electron chi connectivity index (χ4n) is 2.84. The van der Waals surface area contributed by atoms with Gasteiger partial charge in [0.2, 0.25) is 0 Å². The van der Waals surface area contributed by atoms with Crippen LogP contribution in [0.15, 0.2) is 24.3 Å². The van der Waals surface area contributed by atoms with Crippen molar-refractivity contribution in [2.24, 2.45) is 5.73 Å². The fraction of sp³-hybridized carbons (Fsp3) is 0.529. The maximum atomic E-state index is 5.41. The summed E-state index contributed by atoms with van der Waals surface area (Å²) < 4.78 is 0. The first-order valence-electron chi connectivity index (χ1n) is 7.27. The average Bonchev–Trinajstić information content (AvgIpc) is 2.46. The van der Waals surface area contributed by atoms with Gasteiger partial charge in [-0.15, -0.1) is 0 Å². The molecule has 1 aliphatic carbocycles. The van der Waals surface area contributed by atoms with Gasteiger partial charge in [0.25, 0.3) is 0 Å². The van der Waals surface area contributed by atoms with Crippen molar-refractivity contribution >= 4 is 0 Å². The van der Waals surface area contributed by atoms with Gasteiger partial charge < -0.3 is 5.73 Å². The molecule has 2 heteroatoms. The largest absolute Gasteiger partial charge is 0.320 e. The number of hydrogen-bond acceptors (Lipinski definition) is 2. The molecule has 0 radical (unpaired) electrons. The van der Waals surface area contributed by atoms with Crippen LogP contribution in [-0.4, -0.2) is 24.5 Å². The van der Waals surface area contributed by atoms with Gasteiger partial charge in [0, 0.05) is 18.2 Å². The molecule has 0 amide bonds. The van der Waals surface area contributed by atoms with Gasteiger partial charge in [-0.3, -0.25) is 4.90 Å². The van der Waals surface area contributed by atoms with Crippen LogP contribution in [0.4, 0.5) is 0 Å². The molecule has 1 aromatic rings. The molecular formula is C17H24N2. The van der Waals surface area contributed by atoms with Crippen molar-refractivity contribution in [1.82, 2.24) is 4.90 Å². The van der Waals surface area contributed by atoms with E-state index in [0.717, 1.165) is 18.2 Å². The number of hydrogen-bond donors (Lipinski definition) is 1. The van der Waals surface area contributed by atoms with Crippen molar-refractivity contribution in [2.45, 2.75) is 44.7 Å². The molecular weight excluding hydrogens is 232 g/mol. The molecule has 1 fully saturated rings. The zero-order chi connectivity index (χ0) is 13.5. The molecule has 1 aliphatic rings. The highest BCUT2D eigenvalue weighted by molar-refractivity contribution is 5.37. The normalized spacial score (nSPS) is 16.2. The quantitative estimate of drug-likeness (QED) is 0.843. The lowest BCUT2D eigenvalue weighted by Gasteiger charge is -2.31. The van der Waals surface area contributed by atoms with Gasteiger partial charge >= 0.3 is 0 Å². The van der Waals surface area contributed by atoms with E-state index in [2.05, 4.69) is 42.0 Å². The molecule has 0 saturated heterocycles. The Morgan fingerprint density at radius 3 is 2.79 bits per heavy atom. The van der Waals surface area contributed by atoms with E-state index >= 15 is 0 Å². The molecule has 0 spiro atoms. The van der Waals surface area contributed by atoms with Gasteiger partial charge in [-0.1, -0.05) is 43.2 Å². The molecule has 0 aromatic heterocycles. The Kier molecular flexibility index (Phi) is 5.44. The van der Waals surface area contributed by atoms with Gasteiger partial charge in [-0.05, 0) is 37.6 Å². The first-order chi connectivity index (χ1) is 9.29. The van der Waals surface area contributed by atoms with E-state index in [4.69, 9.17) is 5.73 Å². The average molecular weight is 256 g/mol. The summed E-state index contributed by atoms with van der Waals surface area (Å²) in [5, 5.41) is 0. The second-order valence-electron chi connectivity index (χ2n) is 5.41. The minimum Gasteiger partial charge on any atom is -0.320 e. The first-order valence-corrected chi connectivity index (χ1v) is 7.27. The van der Waals surface area contributed by atoms with Gasteiger partial charge in [-0.25, -0.2) is 0 Å². The van der Waals surface area contributed by atoms with E-state index < -0.39 is 0 Å². The van der Waals surface area contributed by atoms with Crippen LogP contribution in [0, 0.1) is 11.8 Å². The highest BCUT2D eigenvalue weighted by Gasteiger charge is 2.17. The van der Waals surface area contributed by atoms with Crippen molar-refractivity contribution in [3.8, 4) is 11.8 Å². The van der Waals surface area contributed by atoms with Crippen molar-refractivity contribution in [1.29, 1.82) is 0 Å². The van der Waals surface area contributed by atoms with Crippen molar-refractivity contribution < 1.29 is 0 Å². The molecule has 1 saturated carbocycles. The van der Waals surface area contributed by atoms with Gasteiger partial charge in [-0.2, -0.15) is 0 Å². The number of rotatable bonds is 3. The predicted molar refractivity (Wildman–Crippen MR) is 80.7 cm³/mol. The molecule has 102 valence electrons. The zero-order valence-electron chi connectivity index (χ0n) is 11.9. The Labute approximate surface area is 117 Å². The highest BCUT2D eigenvalue weighted by atomic mass is 15.1. The minimum absolute atomic E-state index is 0.423. The van der Waals surface area contributed by atoms with Crippen LogP contribution in [0.2, 0.25) is 0 Å². The summed E-state index contributed by atoms with van der Waals surface area (Å²) >= 11 is 0. The summed E-state index contributed by atoms with van der Waals surface area (Å²) in [6, 6.07) is 9.26. The third kappa shape index (κ3) is 4.38. The summed E-state index contributed by atoms with van der Waals surface area (Å²) in [4.78, 5) is 2.49. The predicted octanol–water partition coefficient (Wildman–Crippen LogP) is 2.76. The monoisotopic (exact) mass is 256 g/mol. The Balaban J connectivity index is 1.97.